The van der Waals surface area contributed by atoms with E-state index in [0.717, 1.165) is 17.9 Å². The second-order valence-corrected chi connectivity index (χ2v) is 10.5. The summed E-state index contributed by atoms with van der Waals surface area (Å²) >= 11 is 3.59. The van der Waals surface area contributed by atoms with Crippen molar-refractivity contribution in [2.45, 2.75) is 19.6 Å². The zero-order chi connectivity index (χ0) is 21.8. The third kappa shape index (κ3) is 3.13. The van der Waals surface area contributed by atoms with E-state index in [4.69, 9.17) is 9.47 Å². The summed E-state index contributed by atoms with van der Waals surface area (Å²) in [5.74, 6) is 1.90. The molecule has 0 atom stereocenters. The molecule has 33 heavy (non-hydrogen) atoms. The Labute approximate surface area is 199 Å². The van der Waals surface area contributed by atoms with E-state index in [1.165, 1.54) is 53.2 Å². The van der Waals surface area contributed by atoms with Gasteiger partial charge in [-0.25, -0.2) is 0 Å². The highest BCUT2D eigenvalue weighted by atomic mass is 32.2. The highest BCUT2D eigenvalue weighted by Crippen LogP contribution is 2.40. The summed E-state index contributed by atoms with van der Waals surface area (Å²) in [7, 11) is 0. The van der Waals surface area contributed by atoms with Crippen LogP contribution in [0.1, 0.15) is 22.3 Å². The number of hydrogen-bond donors (Lipinski definition) is 0. The molecule has 160 valence electrons. The van der Waals surface area contributed by atoms with Crippen molar-refractivity contribution in [3.8, 4) is 11.5 Å². The summed E-state index contributed by atoms with van der Waals surface area (Å²) in [6, 6.07) is 25.8. The van der Waals surface area contributed by atoms with Gasteiger partial charge < -0.3 is 9.47 Å². The van der Waals surface area contributed by atoms with Crippen LogP contribution in [0.3, 0.4) is 0 Å². The van der Waals surface area contributed by atoms with Gasteiger partial charge in [-0.3, -0.25) is 0 Å². The van der Waals surface area contributed by atoms with E-state index >= 15 is 0 Å². The van der Waals surface area contributed by atoms with Crippen molar-refractivity contribution in [3.63, 3.8) is 0 Å². The average molecular weight is 465 g/mol. The molecule has 2 nitrogen and oxygen atoms in total. The molecule has 0 saturated heterocycles. The molecule has 4 heteroatoms. The van der Waals surface area contributed by atoms with E-state index < -0.39 is 0 Å². The Morgan fingerprint density at radius 3 is 1.64 bits per heavy atom. The fraction of sp³-hybridized carbons (Fsp3) is 0.103. The van der Waals surface area contributed by atoms with E-state index in [1.54, 1.807) is 22.7 Å². The fourth-order valence-electron chi connectivity index (χ4n) is 4.95. The molecular weight excluding hydrogens is 444 g/mol. The Kier molecular flexibility index (Phi) is 4.42. The average Bonchev–Trinajstić information content (AvgIpc) is 3.44. The molecule has 2 aromatic heterocycles. The second-order valence-electron chi connectivity index (χ2n) is 8.47. The fourth-order valence-corrected chi connectivity index (χ4v) is 7.09. The summed E-state index contributed by atoms with van der Waals surface area (Å²) in [5.41, 5.74) is 4.92. The molecule has 0 saturated carbocycles. The predicted molar refractivity (Wildman–Crippen MR) is 139 cm³/mol. The largest absolute Gasteiger partial charge is 0.489 e. The van der Waals surface area contributed by atoms with Crippen LogP contribution in [0.2, 0.25) is 0 Å². The Balaban J connectivity index is 1.50. The third-order valence-electron chi connectivity index (χ3n) is 6.58. The molecule has 0 amide bonds. The number of ether oxygens (including phenoxy) is 2. The van der Waals surface area contributed by atoms with Crippen LogP contribution in [-0.4, -0.2) is 0 Å². The van der Waals surface area contributed by atoms with Crippen LogP contribution >= 0.6 is 22.7 Å². The first-order valence-corrected chi connectivity index (χ1v) is 12.8. The van der Waals surface area contributed by atoms with Crippen molar-refractivity contribution in [1.29, 1.82) is 0 Å². The topological polar surface area (TPSA) is 18.5 Å². The lowest BCUT2D eigenvalue weighted by molar-refractivity contribution is 0.298. The monoisotopic (exact) mass is 464 g/mol. The van der Waals surface area contributed by atoms with E-state index in [9.17, 15) is 0 Å². The Bertz CT molecular complexity index is 1540. The van der Waals surface area contributed by atoms with Crippen LogP contribution in [0.5, 0.6) is 11.5 Å². The molecule has 7 rings (SSSR count). The molecule has 0 radical (unpaired) electrons. The zero-order valence-corrected chi connectivity index (χ0v) is 19.5. The minimum atomic E-state index is 0.567. The number of thiophene rings is 2. The minimum Gasteiger partial charge on any atom is -0.489 e. The summed E-state index contributed by atoms with van der Waals surface area (Å²) in [5, 5.41) is 10.7. The molecule has 4 aromatic carbocycles. The lowest BCUT2D eigenvalue weighted by Gasteiger charge is -2.19. The van der Waals surface area contributed by atoms with E-state index in [2.05, 4.69) is 83.6 Å². The van der Waals surface area contributed by atoms with Gasteiger partial charge in [-0.1, -0.05) is 60.7 Å². The number of rotatable bonds is 0. The Hall–Kier alpha value is -3.34. The van der Waals surface area contributed by atoms with Crippen LogP contribution in [0.15, 0.2) is 83.6 Å². The van der Waals surface area contributed by atoms with Gasteiger partial charge in [0.05, 0.1) is 4.01 Å². The van der Waals surface area contributed by atoms with Crippen LogP contribution in [0, 0.1) is 0 Å². The summed E-state index contributed by atoms with van der Waals surface area (Å²) in [6.45, 7) is 1.13. The van der Waals surface area contributed by atoms with Crippen molar-refractivity contribution in [1.82, 2.24) is 0 Å². The van der Waals surface area contributed by atoms with Gasteiger partial charge in [0.2, 0.25) is 0 Å². The lowest BCUT2D eigenvalue weighted by Crippen LogP contribution is -2.05. The standard InChI is InChI=1S/C29H20O2S2/c1-3-7-22-18(5-1)9-11-26-24(22)13-25-23-8-4-2-6-19(23)10-12-27(25)31-15-21-17-33-29-28(21)20(14-30-26)16-32-29/h1-12,16-17H,13-15H2. The molecule has 1 aliphatic rings. The molecule has 0 bridgehead atoms. The van der Waals surface area contributed by atoms with Crippen LogP contribution in [-0.2, 0) is 19.6 Å². The molecule has 0 N–H and O–H groups in total. The highest BCUT2D eigenvalue weighted by molar-refractivity contribution is 7.37. The lowest BCUT2D eigenvalue weighted by atomic mass is 9.93. The first-order chi connectivity index (χ1) is 16.3. The Morgan fingerprint density at radius 1 is 0.576 bits per heavy atom. The van der Waals surface area contributed by atoms with Crippen molar-refractivity contribution in [2.75, 3.05) is 0 Å². The molecule has 0 fully saturated rings. The van der Waals surface area contributed by atoms with Gasteiger partial charge in [0.15, 0.2) is 0 Å². The van der Waals surface area contributed by atoms with Gasteiger partial charge in [-0.2, -0.15) is 0 Å². The number of benzene rings is 4. The maximum Gasteiger partial charge on any atom is 0.123 e. The van der Waals surface area contributed by atoms with Gasteiger partial charge in [0.1, 0.15) is 24.7 Å². The number of hydrogen-bond acceptors (Lipinski definition) is 4. The third-order valence-corrected chi connectivity index (χ3v) is 8.80. The molecular formula is C29H20O2S2. The number of fused-ring (bicyclic) bond motifs is 6. The van der Waals surface area contributed by atoms with Crippen LogP contribution < -0.4 is 9.47 Å². The van der Waals surface area contributed by atoms with Crippen molar-refractivity contribution >= 4 is 53.6 Å². The molecule has 6 aromatic rings. The van der Waals surface area contributed by atoms with Crippen molar-refractivity contribution < 1.29 is 9.47 Å². The second kappa shape index (κ2) is 7.62. The molecule has 0 aliphatic carbocycles. The summed E-state index contributed by atoms with van der Waals surface area (Å²) in [4.78, 5) is 0. The van der Waals surface area contributed by atoms with Gasteiger partial charge >= 0.3 is 0 Å². The molecule has 3 heterocycles. The van der Waals surface area contributed by atoms with E-state index in [-0.39, 0.29) is 0 Å². The normalized spacial score (nSPS) is 13.6. The van der Waals surface area contributed by atoms with Gasteiger partial charge in [0.25, 0.3) is 0 Å². The van der Waals surface area contributed by atoms with Gasteiger partial charge in [0, 0.05) is 34.1 Å². The van der Waals surface area contributed by atoms with Crippen molar-refractivity contribution in [3.05, 3.63) is 106 Å². The molecule has 0 unspecified atom stereocenters. The zero-order valence-electron chi connectivity index (χ0n) is 17.8. The molecule has 0 spiro atoms. The predicted octanol–water partition coefficient (Wildman–Crippen LogP) is 8.33. The maximum absolute atomic E-state index is 6.54. The van der Waals surface area contributed by atoms with Gasteiger partial charge in [-0.15, -0.1) is 22.7 Å². The summed E-state index contributed by atoms with van der Waals surface area (Å²) < 4.78 is 14.4. The smallest absolute Gasteiger partial charge is 0.123 e. The van der Waals surface area contributed by atoms with Gasteiger partial charge in [-0.05, 0) is 44.4 Å². The Morgan fingerprint density at radius 2 is 1.09 bits per heavy atom. The van der Waals surface area contributed by atoms with E-state index in [1.807, 2.05) is 0 Å². The summed E-state index contributed by atoms with van der Waals surface area (Å²) in [6.07, 6.45) is 0.753. The first kappa shape index (κ1) is 19.2. The highest BCUT2D eigenvalue weighted by Gasteiger charge is 2.19. The van der Waals surface area contributed by atoms with Crippen LogP contribution in [0.25, 0.3) is 30.9 Å². The quantitative estimate of drug-likeness (QED) is 0.225. The van der Waals surface area contributed by atoms with Crippen molar-refractivity contribution in [2.24, 2.45) is 0 Å². The van der Waals surface area contributed by atoms with E-state index in [0.29, 0.717) is 13.2 Å². The minimum absolute atomic E-state index is 0.567. The van der Waals surface area contributed by atoms with Crippen LogP contribution in [0.4, 0.5) is 0 Å². The maximum atomic E-state index is 6.54. The first-order valence-electron chi connectivity index (χ1n) is 11.1. The SMILES string of the molecule is c1ccc2c3c(ccc2c1)OCc1csc2scc(c12)COc1ccc2ccccc2c1C3. The molecule has 1 aliphatic heterocycles.